The van der Waals surface area contributed by atoms with Crippen molar-refractivity contribution in [2.24, 2.45) is 4.99 Å². The summed E-state index contributed by atoms with van der Waals surface area (Å²) in [5.74, 6) is 0. The van der Waals surface area contributed by atoms with E-state index in [1.165, 1.54) is 11.1 Å². The molecule has 2 rings (SSSR count). The highest BCUT2D eigenvalue weighted by molar-refractivity contribution is 7.78. The molecule has 0 amide bonds. The normalized spacial score (nSPS) is 18.4. The van der Waals surface area contributed by atoms with Gasteiger partial charge in [0.2, 0.25) is 0 Å². The van der Waals surface area contributed by atoms with Crippen LogP contribution in [0.3, 0.4) is 0 Å². The molecular weight excluding hydrogens is 190 g/mol. The van der Waals surface area contributed by atoms with E-state index in [4.69, 9.17) is 0 Å². The van der Waals surface area contributed by atoms with E-state index >= 15 is 0 Å². The van der Waals surface area contributed by atoms with Crippen LogP contribution in [0.5, 0.6) is 0 Å². The SMILES string of the molecule is S=C=NC1=CC=CC2=CC=CC=C1C2. The number of isothiocyanates is 1. The van der Waals surface area contributed by atoms with Gasteiger partial charge in [0.05, 0.1) is 10.9 Å². The molecule has 0 aromatic rings. The molecule has 14 heavy (non-hydrogen) atoms. The molecule has 0 heterocycles. The van der Waals surface area contributed by atoms with Crippen LogP contribution >= 0.6 is 12.2 Å². The van der Waals surface area contributed by atoms with Crippen LogP contribution in [-0.2, 0) is 0 Å². The van der Waals surface area contributed by atoms with Gasteiger partial charge in [-0.25, -0.2) is 0 Å². The van der Waals surface area contributed by atoms with Gasteiger partial charge in [-0.3, -0.25) is 0 Å². The number of thiocarbonyl (C=S) groups is 1. The zero-order valence-electron chi connectivity index (χ0n) is 7.60. The Morgan fingerprint density at radius 2 is 2.00 bits per heavy atom. The second-order valence-corrected chi connectivity index (χ2v) is 3.29. The van der Waals surface area contributed by atoms with Crippen molar-refractivity contribution in [3.05, 3.63) is 59.4 Å². The van der Waals surface area contributed by atoms with Gasteiger partial charge >= 0.3 is 0 Å². The first-order valence-corrected chi connectivity index (χ1v) is 4.84. The number of rotatable bonds is 1. The molecule has 0 radical (unpaired) electrons. The third-order valence-electron chi connectivity index (χ3n) is 2.17. The third kappa shape index (κ3) is 1.87. The van der Waals surface area contributed by atoms with Crippen molar-refractivity contribution >= 4 is 17.4 Å². The van der Waals surface area contributed by atoms with Crippen molar-refractivity contribution in [3.8, 4) is 0 Å². The fourth-order valence-electron chi connectivity index (χ4n) is 1.51. The molecule has 0 atom stereocenters. The zero-order chi connectivity index (χ0) is 9.80. The lowest BCUT2D eigenvalue weighted by Crippen LogP contribution is -1.86. The van der Waals surface area contributed by atoms with Gasteiger partial charge < -0.3 is 0 Å². The van der Waals surface area contributed by atoms with E-state index in [1.807, 2.05) is 24.3 Å². The fraction of sp³-hybridized carbons (Fsp3) is 0.0833. The summed E-state index contributed by atoms with van der Waals surface area (Å²) in [5, 5.41) is 2.41. The van der Waals surface area contributed by atoms with Crippen LogP contribution < -0.4 is 0 Å². The summed E-state index contributed by atoms with van der Waals surface area (Å²) < 4.78 is 0. The van der Waals surface area contributed by atoms with Crippen LogP contribution in [0.2, 0.25) is 0 Å². The molecule has 0 saturated heterocycles. The lowest BCUT2D eigenvalue weighted by Gasteiger charge is -2.02. The number of hydrogen-bond donors (Lipinski definition) is 0. The van der Waals surface area contributed by atoms with E-state index in [1.54, 1.807) is 0 Å². The number of fused-ring (bicyclic) bond motifs is 2. The Morgan fingerprint density at radius 3 is 2.86 bits per heavy atom. The first kappa shape index (κ1) is 9.07. The fourth-order valence-corrected chi connectivity index (χ4v) is 1.61. The number of aliphatic imine (C=N–C) groups is 1. The smallest absolute Gasteiger partial charge is 0.0774 e. The number of hydrogen-bond acceptors (Lipinski definition) is 2. The Morgan fingerprint density at radius 1 is 1.14 bits per heavy atom. The van der Waals surface area contributed by atoms with Crippen LogP contribution in [-0.4, -0.2) is 5.16 Å². The summed E-state index contributed by atoms with van der Waals surface area (Å²) in [6, 6.07) is 0. The van der Waals surface area contributed by atoms with Gasteiger partial charge in [-0.15, -0.1) is 0 Å². The van der Waals surface area contributed by atoms with Crippen LogP contribution in [0, 0.1) is 0 Å². The molecule has 0 aromatic carbocycles. The van der Waals surface area contributed by atoms with Crippen molar-refractivity contribution < 1.29 is 0 Å². The summed E-state index contributed by atoms with van der Waals surface area (Å²) in [7, 11) is 0. The quantitative estimate of drug-likeness (QED) is 0.466. The van der Waals surface area contributed by atoms with E-state index in [2.05, 4.69) is 40.6 Å². The average molecular weight is 199 g/mol. The number of nitrogens with zero attached hydrogens (tertiary/aromatic N) is 1. The van der Waals surface area contributed by atoms with Crippen LogP contribution in [0.4, 0.5) is 0 Å². The van der Waals surface area contributed by atoms with E-state index in [0.29, 0.717) is 0 Å². The maximum atomic E-state index is 4.62. The molecular formula is C12H9NS. The van der Waals surface area contributed by atoms with Gasteiger partial charge in [0.15, 0.2) is 0 Å². The Balaban J connectivity index is 2.48. The Labute approximate surface area is 88.5 Å². The Bertz CT molecular complexity index is 441. The summed E-state index contributed by atoms with van der Waals surface area (Å²) in [6.45, 7) is 0. The Kier molecular flexibility index (Phi) is 2.68. The molecule has 2 aliphatic rings. The zero-order valence-corrected chi connectivity index (χ0v) is 8.42. The molecule has 2 bridgehead atoms. The van der Waals surface area contributed by atoms with E-state index < -0.39 is 0 Å². The minimum absolute atomic E-state index is 0.909. The molecule has 1 nitrogen and oxygen atoms in total. The summed E-state index contributed by atoms with van der Waals surface area (Å²) in [6.07, 6.45) is 15.2. The second-order valence-electron chi connectivity index (χ2n) is 3.11. The molecule has 0 spiro atoms. The molecule has 2 heteroatoms. The van der Waals surface area contributed by atoms with Crippen LogP contribution in [0.25, 0.3) is 0 Å². The minimum atomic E-state index is 0.909. The Hall–Kier alpha value is -1.50. The average Bonchev–Trinajstić information content (AvgIpc) is 2.52. The predicted molar refractivity (Wildman–Crippen MR) is 62.2 cm³/mol. The van der Waals surface area contributed by atoms with E-state index in [-0.39, 0.29) is 0 Å². The van der Waals surface area contributed by atoms with Crippen molar-refractivity contribution in [2.45, 2.75) is 6.42 Å². The predicted octanol–water partition coefficient (Wildman–Crippen LogP) is 3.36. The highest BCUT2D eigenvalue weighted by Gasteiger charge is 2.08. The highest BCUT2D eigenvalue weighted by Crippen LogP contribution is 2.25. The van der Waals surface area contributed by atoms with Crippen molar-refractivity contribution in [1.82, 2.24) is 0 Å². The maximum Gasteiger partial charge on any atom is 0.0774 e. The van der Waals surface area contributed by atoms with E-state index in [9.17, 15) is 0 Å². The standard InChI is InChI=1S/C12H9NS/c14-9-13-12-7-3-5-10-4-1-2-6-11(12)8-10/h1-7H,8H2. The summed E-state index contributed by atoms with van der Waals surface area (Å²) in [5.41, 5.74) is 3.38. The summed E-state index contributed by atoms with van der Waals surface area (Å²) >= 11 is 4.62. The monoisotopic (exact) mass is 199 g/mol. The van der Waals surface area contributed by atoms with Crippen molar-refractivity contribution in [3.63, 3.8) is 0 Å². The lowest BCUT2D eigenvalue weighted by atomic mass is 10.1. The van der Waals surface area contributed by atoms with Crippen molar-refractivity contribution in [2.75, 3.05) is 0 Å². The maximum absolute atomic E-state index is 4.62. The van der Waals surface area contributed by atoms with Gasteiger partial charge in [0.1, 0.15) is 0 Å². The largest absolute Gasteiger partial charge is 0.194 e. The van der Waals surface area contributed by atoms with Crippen LogP contribution in [0.1, 0.15) is 6.42 Å². The molecule has 68 valence electrons. The molecule has 0 unspecified atom stereocenters. The van der Waals surface area contributed by atoms with Gasteiger partial charge in [-0.05, 0) is 35.9 Å². The third-order valence-corrected chi connectivity index (χ3v) is 2.26. The molecule has 0 N–H and O–H groups in total. The van der Waals surface area contributed by atoms with Crippen molar-refractivity contribution in [1.29, 1.82) is 0 Å². The lowest BCUT2D eigenvalue weighted by molar-refractivity contribution is 1.16. The second kappa shape index (κ2) is 4.14. The van der Waals surface area contributed by atoms with E-state index in [0.717, 1.165) is 12.1 Å². The van der Waals surface area contributed by atoms with Crippen LogP contribution in [0.15, 0.2) is 64.4 Å². The molecule has 0 saturated carbocycles. The first-order valence-electron chi connectivity index (χ1n) is 4.43. The molecule has 0 aromatic heterocycles. The molecule has 2 aliphatic carbocycles. The molecule has 0 aliphatic heterocycles. The van der Waals surface area contributed by atoms with Gasteiger partial charge in [-0.1, -0.05) is 36.5 Å². The van der Waals surface area contributed by atoms with Gasteiger partial charge in [0.25, 0.3) is 0 Å². The van der Waals surface area contributed by atoms with Gasteiger partial charge in [-0.2, -0.15) is 4.99 Å². The number of allylic oxidation sites excluding steroid dienone is 9. The topological polar surface area (TPSA) is 12.4 Å². The molecule has 0 fully saturated rings. The minimum Gasteiger partial charge on any atom is -0.194 e. The summed E-state index contributed by atoms with van der Waals surface area (Å²) in [4.78, 5) is 4.05. The highest BCUT2D eigenvalue weighted by atomic mass is 32.1. The first-order chi connectivity index (χ1) is 6.90. The van der Waals surface area contributed by atoms with Gasteiger partial charge in [0, 0.05) is 0 Å².